The lowest BCUT2D eigenvalue weighted by atomic mass is 10.1. The summed E-state index contributed by atoms with van der Waals surface area (Å²) in [5.41, 5.74) is 8.65. The molecular weight excluding hydrogens is 238 g/mol. The first-order chi connectivity index (χ1) is 9.04. The zero-order chi connectivity index (χ0) is 14.0. The summed E-state index contributed by atoms with van der Waals surface area (Å²) in [6, 6.07) is 8.22. The number of nitrogens with zero attached hydrogens (tertiary/aromatic N) is 2. The van der Waals surface area contributed by atoms with Gasteiger partial charge in [-0.3, -0.25) is 0 Å². The third kappa shape index (κ3) is 2.57. The van der Waals surface area contributed by atoms with Crippen LogP contribution in [0.2, 0.25) is 0 Å². The van der Waals surface area contributed by atoms with Gasteiger partial charge in [-0.1, -0.05) is 25.1 Å². The van der Waals surface area contributed by atoms with Crippen molar-refractivity contribution in [3.8, 4) is 11.6 Å². The zero-order valence-corrected chi connectivity index (χ0v) is 12.0. The van der Waals surface area contributed by atoms with E-state index < -0.39 is 0 Å². The van der Waals surface area contributed by atoms with Gasteiger partial charge in [0.1, 0.15) is 11.4 Å². The van der Waals surface area contributed by atoms with Crippen molar-refractivity contribution in [2.24, 2.45) is 0 Å². The highest BCUT2D eigenvalue weighted by Crippen LogP contribution is 2.33. The maximum atomic E-state index is 6.07. The SMILES string of the molecule is CCc1ccccc1Oc1c(N)c(C)nn1C(C)C. The maximum Gasteiger partial charge on any atom is 0.241 e. The molecule has 0 spiro atoms. The molecule has 0 bridgehead atoms. The molecule has 0 unspecified atom stereocenters. The molecule has 0 atom stereocenters. The summed E-state index contributed by atoms with van der Waals surface area (Å²) >= 11 is 0. The van der Waals surface area contributed by atoms with Gasteiger partial charge in [-0.15, -0.1) is 0 Å². The number of anilines is 1. The molecule has 0 aliphatic carbocycles. The Balaban J connectivity index is 2.43. The van der Waals surface area contributed by atoms with E-state index in [1.807, 2.05) is 29.8 Å². The fourth-order valence-electron chi connectivity index (χ4n) is 1.99. The van der Waals surface area contributed by atoms with Gasteiger partial charge in [0.2, 0.25) is 5.88 Å². The lowest BCUT2D eigenvalue weighted by Gasteiger charge is -2.14. The number of nitrogen functional groups attached to an aromatic ring is 1. The second-order valence-corrected chi connectivity index (χ2v) is 4.91. The van der Waals surface area contributed by atoms with Crippen LogP contribution in [-0.4, -0.2) is 9.78 Å². The van der Waals surface area contributed by atoms with Crippen molar-refractivity contribution in [2.75, 3.05) is 5.73 Å². The van der Waals surface area contributed by atoms with Gasteiger partial charge in [-0.05, 0) is 38.8 Å². The molecule has 0 radical (unpaired) electrons. The number of ether oxygens (including phenoxy) is 1. The molecule has 0 aliphatic heterocycles. The van der Waals surface area contributed by atoms with E-state index in [1.54, 1.807) is 0 Å². The largest absolute Gasteiger partial charge is 0.437 e. The Morgan fingerprint density at radius 3 is 2.63 bits per heavy atom. The zero-order valence-electron chi connectivity index (χ0n) is 12.0. The van der Waals surface area contributed by atoms with Crippen LogP contribution in [0.15, 0.2) is 24.3 Å². The summed E-state index contributed by atoms with van der Waals surface area (Å²) in [5, 5.41) is 4.43. The monoisotopic (exact) mass is 259 g/mol. The normalized spacial score (nSPS) is 11.0. The van der Waals surface area contributed by atoms with Gasteiger partial charge in [-0.25, -0.2) is 4.68 Å². The molecule has 1 aromatic carbocycles. The molecule has 0 saturated carbocycles. The third-order valence-corrected chi connectivity index (χ3v) is 3.14. The smallest absolute Gasteiger partial charge is 0.241 e. The van der Waals surface area contributed by atoms with E-state index >= 15 is 0 Å². The van der Waals surface area contributed by atoms with Crippen molar-refractivity contribution < 1.29 is 4.74 Å². The second kappa shape index (κ2) is 5.34. The van der Waals surface area contributed by atoms with E-state index in [0.717, 1.165) is 23.4 Å². The van der Waals surface area contributed by atoms with E-state index in [0.29, 0.717) is 11.6 Å². The summed E-state index contributed by atoms with van der Waals surface area (Å²) in [7, 11) is 0. The lowest BCUT2D eigenvalue weighted by molar-refractivity contribution is 0.387. The molecule has 0 fully saturated rings. The average Bonchev–Trinajstić information content (AvgIpc) is 2.68. The molecule has 1 heterocycles. The fraction of sp³-hybridized carbons (Fsp3) is 0.400. The van der Waals surface area contributed by atoms with Crippen LogP contribution in [0.3, 0.4) is 0 Å². The van der Waals surface area contributed by atoms with Crippen LogP contribution in [0.1, 0.15) is 38.1 Å². The Hall–Kier alpha value is -1.97. The molecule has 2 aromatic rings. The number of aromatic nitrogens is 2. The van der Waals surface area contributed by atoms with Crippen LogP contribution in [-0.2, 0) is 6.42 Å². The number of benzene rings is 1. The molecule has 0 amide bonds. The highest BCUT2D eigenvalue weighted by molar-refractivity contribution is 5.54. The number of para-hydroxylation sites is 1. The van der Waals surface area contributed by atoms with Crippen molar-refractivity contribution in [3.05, 3.63) is 35.5 Å². The fourth-order valence-corrected chi connectivity index (χ4v) is 1.99. The third-order valence-electron chi connectivity index (χ3n) is 3.14. The maximum absolute atomic E-state index is 6.07. The topological polar surface area (TPSA) is 53.1 Å². The van der Waals surface area contributed by atoms with Crippen LogP contribution >= 0.6 is 0 Å². The van der Waals surface area contributed by atoms with Crippen molar-refractivity contribution in [3.63, 3.8) is 0 Å². The van der Waals surface area contributed by atoms with Crippen LogP contribution in [0.4, 0.5) is 5.69 Å². The summed E-state index contributed by atoms with van der Waals surface area (Å²) in [6.45, 7) is 8.12. The van der Waals surface area contributed by atoms with E-state index in [-0.39, 0.29) is 6.04 Å². The van der Waals surface area contributed by atoms with E-state index in [9.17, 15) is 0 Å². The Morgan fingerprint density at radius 1 is 1.32 bits per heavy atom. The van der Waals surface area contributed by atoms with Gasteiger partial charge < -0.3 is 10.5 Å². The molecule has 102 valence electrons. The van der Waals surface area contributed by atoms with Crippen molar-refractivity contribution in [1.82, 2.24) is 9.78 Å². The summed E-state index contributed by atoms with van der Waals surface area (Å²) in [4.78, 5) is 0. The lowest BCUT2D eigenvalue weighted by Crippen LogP contribution is -2.06. The number of aryl methyl sites for hydroxylation is 2. The number of hydrogen-bond donors (Lipinski definition) is 1. The minimum Gasteiger partial charge on any atom is -0.437 e. The summed E-state index contributed by atoms with van der Waals surface area (Å²) in [5.74, 6) is 1.48. The Bertz CT molecular complexity index is 573. The Labute approximate surface area is 114 Å². The first-order valence-electron chi connectivity index (χ1n) is 6.65. The quantitative estimate of drug-likeness (QED) is 0.910. The van der Waals surface area contributed by atoms with Gasteiger partial charge in [0, 0.05) is 0 Å². The van der Waals surface area contributed by atoms with Gasteiger partial charge >= 0.3 is 0 Å². The Morgan fingerprint density at radius 2 is 2.00 bits per heavy atom. The van der Waals surface area contributed by atoms with Crippen LogP contribution in [0.25, 0.3) is 0 Å². The summed E-state index contributed by atoms with van der Waals surface area (Å²) in [6.07, 6.45) is 0.922. The molecule has 0 aliphatic rings. The van der Waals surface area contributed by atoms with Gasteiger partial charge in [0.25, 0.3) is 0 Å². The first-order valence-corrected chi connectivity index (χ1v) is 6.65. The molecule has 4 heteroatoms. The number of nitrogens with two attached hydrogens (primary N) is 1. The summed E-state index contributed by atoms with van der Waals surface area (Å²) < 4.78 is 7.85. The average molecular weight is 259 g/mol. The predicted molar refractivity (Wildman–Crippen MR) is 77.7 cm³/mol. The first kappa shape index (κ1) is 13.5. The van der Waals surface area contributed by atoms with Crippen molar-refractivity contribution in [1.29, 1.82) is 0 Å². The van der Waals surface area contributed by atoms with E-state index in [2.05, 4.69) is 31.9 Å². The predicted octanol–water partition coefficient (Wildman–Crippen LogP) is 3.71. The second-order valence-electron chi connectivity index (χ2n) is 4.91. The molecule has 4 nitrogen and oxygen atoms in total. The minimum atomic E-state index is 0.208. The Kier molecular flexibility index (Phi) is 3.79. The van der Waals surface area contributed by atoms with Crippen LogP contribution < -0.4 is 10.5 Å². The van der Waals surface area contributed by atoms with Crippen molar-refractivity contribution >= 4 is 5.69 Å². The molecule has 1 aromatic heterocycles. The van der Waals surface area contributed by atoms with E-state index in [4.69, 9.17) is 10.5 Å². The van der Waals surface area contributed by atoms with E-state index in [1.165, 1.54) is 0 Å². The number of hydrogen-bond acceptors (Lipinski definition) is 3. The molecule has 2 rings (SSSR count). The van der Waals surface area contributed by atoms with Crippen molar-refractivity contribution in [2.45, 2.75) is 40.2 Å². The van der Waals surface area contributed by atoms with Gasteiger partial charge in [0.05, 0.1) is 11.7 Å². The standard InChI is InChI=1S/C15H21N3O/c1-5-12-8-6-7-9-13(12)19-15-14(16)11(4)17-18(15)10(2)3/h6-10H,5,16H2,1-4H3. The van der Waals surface area contributed by atoms with Crippen LogP contribution in [0, 0.1) is 6.92 Å². The minimum absolute atomic E-state index is 0.208. The number of rotatable bonds is 4. The molecule has 19 heavy (non-hydrogen) atoms. The molecular formula is C15H21N3O. The highest BCUT2D eigenvalue weighted by atomic mass is 16.5. The van der Waals surface area contributed by atoms with Gasteiger partial charge in [-0.2, -0.15) is 5.10 Å². The molecule has 2 N–H and O–H groups in total. The van der Waals surface area contributed by atoms with Crippen LogP contribution in [0.5, 0.6) is 11.6 Å². The molecule has 0 saturated heterocycles. The van der Waals surface area contributed by atoms with Gasteiger partial charge in [0.15, 0.2) is 0 Å². The highest BCUT2D eigenvalue weighted by Gasteiger charge is 2.17.